The molecule has 1 aromatic carbocycles. The van der Waals surface area contributed by atoms with Gasteiger partial charge in [-0.2, -0.15) is 5.10 Å². The lowest BCUT2D eigenvalue weighted by Crippen LogP contribution is -2.42. The lowest BCUT2D eigenvalue weighted by atomic mass is 10.1. The SMILES string of the molecule is O=C(OCC(=O)c1ccc(F)c(F)c1)C1=NN([C@@H]2CCS(=O)(=O)C2)C(=O)CC1. The molecule has 2 aliphatic rings. The molecule has 0 aliphatic carbocycles. The average Bonchev–Trinajstić information content (AvgIpc) is 3.01. The van der Waals surface area contributed by atoms with Gasteiger partial charge in [-0.15, -0.1) is 0 Å². The standard InChI is InChI=1S/C17H16F2N2O6S/c18-12-2-1-10(7-13(12)19)15(22)8-27-17(24)14-3-4-16(23)21(20-14)11-5-6-28(25,26)9-11/h1-2,7,11H,3-6,8-9H2/t11-/m1/s1. The maximum Gasteiger partial charge on any atom is 0.354 e. The van der Waals surface area contributed by atoms with Crippen LogP contribution in [0.5, 0.6) is 0 Å². The fourth-order valence-corrected chi connectivity index (χ4v) is 4.63. The van der Waals surface area contributed by atoms with Gasteiger partial charge in [-0.05, 0) is 24.6 Å². The largest absolute Gasteiger partial charge is 0.453 e. The average molecular weight is 414 g/mol. The minimum Gasteiger partial charge on any atom is -0.453 e. The van der Waals surface area contributed by atoms with Gasteiger partial charge in [0.2, 0.25) is 5.91 Å². The van der Waals surface area contributed by atoms with E-state index in [-0.39, 0.29) is 42.0 Å². The fourth-order valence-electron chi connectivity index (χ4n) is 2.94. The second kappa shape index (κ2) is 7.74. The summed E-state index contributed by atoms with van der Waals surface area (Å²) in [5.74, 6) is -4.65. The van der Waals surface area contributed by atoms with Gasteiger partial charge in [-0.3, -0.25) is 9.59 Å². The normalized spacial score (nSPS) is 21.4. The van der Waals surface area contributed by atoms with E-state index < -0.39 is 51.8 Å². The summed E-state index contributed by atoms with van der Waals surface area (Å²) in [5, 5.41) is 4.93. The van der Waals surface area contributed by atoms with Crippen LogP contribution in [0.1, 0.15) is 29.6 Å². The molecule has 8 nitrogen and oxygen atoms in total. The highest BCUT2D eigenvalue weighted by atomic mass is 32.2. The third-order valence-corrected chi connectivity index (χ3v) is 6.18. The van der Waals surface area contributed by atoms with Crippen molar-refractivity contribution in [2.45, 2.75) is 25.3 Å². The van der Waals surface area contributed by atoms with Crippen molar-refractivity contribution in [3.63, 3.8) is 0 Å². The van der Waals surface area contributed by atoms with Gasteiger partial charge in [0.15, 0.2) is 33.9 Å². The van der Waals surface area contributed by atoms with E-state index in [1.54, 1.807) is 0 Å². The number of nitrogens with zero attached hydrogens (tertiary/aromatic N) is 2. The third-order valence-electron chi connectivity index (χ3n) is 4.43. The Balaban J connectivity index is 1.64. The zero-order valence-electron chi connectivity index (χ0n) is 14.6. The summed E-state index contributed by atoms with van der Waals surface area (Å²) in [4.78, 5) is 36.1. The minimum atomic E-state index is -3.25. The Labute approximate surface area is 159 Å². The number of ketones is 1. The number of halogens is 2. The van der Waals surface area contributed by atoms with Crippen molar-refractivity contribution >= 4 is 33.2 Å². The quantitative estimate of drug-likeness (QED) is 0.522. The molecule has 1 atom stereocenters. The lowest BCUT2D eigenvalue weighted by molar-refractivity contribution is -0.136. The monoisotopic (exact) mass is 414 g/mol. The molecule has 0 unspecified atom stereocenters. The van der Waals surface area contributed by atoms with Crippen molar-refractivity contribution in [1.82, 2.24) is 5.01 Å². The molecule has 0 saturated carbocycles. The van der Waals surface area contributed by atoms with E-state index in [1.165, 1.54) is 0 Å². The summed E-state index contributed by atoms with van der Waals surface area (Å²) in [5.41, 5.74) is -0.271. The van der Waals surface area contributed by atoms with Crippen LogP contribution in [0.15, 0.2) is 23.3 Å². The number of sulfone groups is 1. The number of benzene rings is 1. The first-order valence-corrected chi connectivity index (χ1v) is 10.2. The number of carbonyl (C=O) groups excluding carboxylic acids is 3. The van der Waals surface area contributed by atoms with Crippen LogP contribution in [0.2, 0.25) is 0 Å². The van der Waals surface area contributed by atoms with Crippen LogP contribution in [0.25, 0.3) is 0 Å². The molecule has 1 aromatic rings. The van der Waals surface area contributed by atoms with Crippen LogP contribution in [0.3, 0.4) is 0 Å². The number of carbonyl (C=O) groups is 3. The topological polar surface area (TPSA) is 110 Å². The molecule has 1 saturated heterocycles. The molecule has 0 bridgehead atoms. The number of amides is 1. The molecule has 2 heterocycles. The van der Waals surface area contributed by atoms with Gasteiger partial charge >= 0.3 is 5.97 Å². The summed E-state index contributed by atoms with van der Waals surface area (Å²) >= 11 is 0. The second-order valence-corrected chi connectivity index (χ2v) is 8.70. The van der Waals surface area contributed by atoms with Gasteiger partial charge < -0.3 is 4.74 Å². The van der Waals surface area contributed by atoms with E-state index >= 15 is 0 Å². The molecule has 0 radical (unpaired) electrons. The number of rotatable bonds is 5. The number of Topliss-reactive ketones (excluding diaryl/α,β-unsaturated/α-hetero) is 1. The van der Waals surface area contributed by atoms with Gasteiger partial charge in [0, 0.05) is 18.4 Å². The molecule has 2 aliphatic heterocycles. The van der Waals surface area contributed by atoms with Crippen LogP contribution in [0.4, 0.5) is 8.78 Å². The first-order valence-electron chi connectivity index (χ1n) is 8.41. The lowest BCUT2D eigenvalue weighted by Gasteiger charge is -2.27. The number of hydrogen-bond acceptors (Lipinski definition) is 7. The first kappa shape index (κ1) is 20.1. The van der Waals surface area contributed by atoms with E-state index in [0.717, 1.165) is 17.1 Å². The van der Waals surface area contributed by atoms with Crippen molar-refractivity contribution in [3.05, 3.63) is 35.4 Å². The molecule has 28 heavy (non-hydrogen) atoms. The fraction of sp³-hybridized carbons (Fsp3) is 0.412. The van der Waals surface area contributed by atoms with Crippen LogP contribution in [0, 0.1) is 11.6 Å². The second-order valence-electron chi connectivity index (χ2n) is 6.47. The minimum absolute atomic E-state index is 0.00694. The molecule has 1 amide bonds. The zero-order chi connectivity index (χ0) is 20.5. The Morgan fingerprint density at radius 1 is 1.21 bits per heavy atom. The van der Waals surface area contributed by atoms with Crippen molar-refractivity contribution in [2.24, 2.45) is 5.10 Å². The van der Waals surface area contributed by atoms with Crippen LogP contribution in [-0.4, -0.2) is 61.0 Å². The predicted octanol–water partition coefficient (Wildman–Crippen LogP) is 0.856. The van der Waals surface area contributed by atoms with Gasteiger partial charge in [0.25, 0.3) is 0 Å². The van der Waals surface area contributed by atoms with E-state index in [4.69, 9.17) is 4.74 Å². The maximum absolute atomic E-state index is 13.2. The van der Waals surface area contributed by atoms with Crippen molar-refractivity contribution in [1.29, 1.82) is 0 Å². The summed E-state index contributed by atoms with van der Waals surface area (Å²) < 4.78 is 54.1. The molecule has 150 valence electrons. The van der Waals surface area contributed by atoms with E-state index in [0.29, 0.717) is 6.07 Å². The van der Waals surface area contributed by atoms with Crippen molar-refractivity contribution in [3.8, 4) is 0 Å². The van der Waals surface area contributed by atoms with Gasteiger partial charge in [0.1, 0.15) is 5.71 Å². The Kier molecular flexibility index (Phi) is 5.54. The number of ether oxygens (including phenoxy) is 1. The Morgan fingerprint density at radius 3 is 2.61 bits per heavy atom. The molecule has 0 N–H and O–H groups in total. The van der Waals surface area contributed by atoms with Crippen molar-refractivity contribution in [2.75, 3.05) is 18.1 Å². The summed E-state index contributed by atoms with van der Waals surface area (Å²) in [6.45, 7) is -0.714. The summed E-state index contributed by atoms with van der Waals surface area (Å²) in [6.07, 6.45) is 0.184. The third kappa shape index (κ3) is 4.41. The smallest absolute Gasteiger partial charge is 0.354 e. The number of esters is 1. The number of hydrogen-bond donors (Lipinski definition) is 0. The summed E-state index contributed by atoms with van der Waals surface area (Å²) in [6, 6.07) is 1.91. The van der Waals surface area contributed by atoms with Crippen LogP contribution < -0.4 is 0 Å². The van der Waals surface area contributed by atoms with Crippen molar-refractivity contribution < 1.29 is 36.3 Å². The van der Waals surface area contributed by atoms with Gasteiger partial charge in [-0.25, -0.2) is 27.0 Å². The highest BCUT2D eigenvalue weighted by molar-refractivity contribution is 7.91. The molecule has 3 rings (SSSR count). The molecule has 11 heteroatoms. The van der Waals surface area contributed by atoms with Crippen LogP contribution in [-0.2, 0) is 24.2 Å². The van der Waals surface area contributed by atoms with Gasteiger partial charge in [-0.1, -0.05) is 0 Å². The maximum atomic E-state index is 13.2. The predicted molar refractivity (Wildman–Crippen MR) is 92.2 cm³/mol. The Hall–Kier alpha value is -2.69. The molecule has 1 fully saturated rings. The molecule has 0 spiro atoms. The van der Waals surface area contributed by atoms with E-state index in [2.05, 4.69) is 5.10 Å². The molecular weight excluding hydrogens is 398 g/mol. The first-order chi connectivity index (χ1) is 13.2. The zero-order valence-corrected chi connectivity index (χ0v) is 15.4. The highest BCUT2D eigenvalue weighted by Gasteiger charge is 2.37. The van der Waals surface area contributed by atoms with E-state index in [9.17, 15) is 31.6 Å². The highest BCUT2D eigenvalue weighted by Crippen LogP contribution is 2.22. The Morgan fingerprint density at radius 2 is 1.96 bits per heavy atom. The number of hydrazone groups is 1. The summed E-state index contributed by atoms with van der Waals surface area (Å²) in [7, 11) is -3.25. The Bertz CT molecular complexity index is 976. The molecule has 0 aromatic heterocycles. The van der Waals surface area contributed by atoms with Gasteiger partial charge in [0.05, 0.1) is 17.5 Å². The van der Waals surface area contributed by atoms with E-state index in [1.807, 2.05) is 0 Å². The van der Waals surface area contributed by atoms with Crippen LogP contribution >= 0.6 is 0 Å². The molecular formula is C17H16F2N2O6S.